The molecule has 5 aliphatic carbocycles. The van der Waals surface area contributed by atoms with E-state index < -0.39 is 5.60 Å². The highest BCUT2D eigenvalue weighted by molar-refractivity contribution is 5.94. The molecule has 6 rings (SSSR count). The predicted octanol–water partition coefficient (Wildman–Crippen LogP) is 5.30. The average Bonchev–Trinajstić information content (AvgIpc) is 3.04. The number of hydrogen-bond donors (Lipinski definition) is 1. The van der Waals surface area contributed by atoms with E-state index in [1.54, 1.807) is 6.92 Å². The second-order valence-corrected chi connectivity index (χ2v) is 11.9. The number of nitriles is 1. The maximum atomic E-state index is 12.4. The smallest absolute Gasteiger partial charge is 0.159 e. The molecule has 1 aromatic carbocycles. The van der Waals surface area contributed by atoms with Gasteiger partial charge in [0.25, 0.3) is 0 Å². The van der Waals surface area contributed by atoms with Gasteiger partial charge < -0.3 is 5.11 Å². The van der Waals surface area contributed by atoms with Gasteiger partial charge in [0.05, 0.1) is 18.1 Å². The van der Waals surface area contributed by atoms with Gasteiger partial charge in [0.15, 0.2) is 11.6 Å². The van der Waals surface area contributed by atoms with Crippen molar-refractivity contribution in [3.63, 3.8) is 0 Å². The Morgan fingerprint density at radius 3 is 2.82 bits per heavy atom. The molecule has 0 aliphatic heterocycles. The summed E-state index contributed by atoms with van der Waals surface area (Å²) in [5, 5.41) is 21.3. The zero-order chi connectivity index (χ0) is 23.2. The topological polar surface area (TPSA) is 78.2 Å². The Morgan fingerprint density at radius 1 is 1.24 bits per heavy atom. The molecule has 0 amide bonds. The van der Waals surface area contributed by atoms with Crippen LogP contribution >= 0.6 is 0 Å². The summed E-state index contributed by atoms with van der Waals surface area (Å²) in [5.74, 6) is 2.05. The third-order valence-corrected chi connectivity index (χ3v) is 10.8. The van der Waals surface area contributed by atoms with Gasteiger partial charge in [-0.1, -0.05) is 24.6 Å². The number of allylic oxidation sites excluding steroid dienone is 1. The zero-order valence-electron chi connectivity index (χ0n) is 19.7. The van der Waals surface area contributed by atoms with E-state index in [-0.39, 0.29) is 28.8 Å². The Bertz CT molecular complexity index is 1140. The summed E-state index contributed by atoms with van der Waals surface area (Å²) in [4.78, 5) is 24.6. The Balaban J connectivity index is 1.55. The lowest BCUT2D eigenvalue weighted by molar-refractivity contribution is -0.140. The zero-order valence-corrected chi connectivity index (χ0v) is 19.7. The van der Waals surface area contributed by atoms with E-state index >= 15 is 0 Å². The summed E-state index contributed by atoms with van der Waals surface area (Å²) in [5.41, 5.74) is 3.49. The summed E-state index contributed by atoms with van der Waals surface area (Å²) < 4.78 is 0. The molecule has 4 heteroatoms. The molecule has 0 radical (unpaired) electrons. The Hall–Kier alpha value is -2.25. The van der Waals surface area contributed by atoms with Crippen molar-refractivity contribution < 1.29 is 14.7 Å². The molecule has 4 nitrogen and oxygen atoms in total. The first-order valence-corrected chi connectivity index (χ1v) is 12.7. The number of fused-ring (bicyclic) bond motifs is 4. The van der Waals surface area contributed by atoms with E-state index in [0.717, 1.165) is 44.1 Å². The van der Waals surface area contributed by atoms with E-state index in [1.807, 2.05) is 12.1 Å². The lowest BCUT2D eigenvalue weighted by Gasteiger charge is -2.65. The van der Waals surface area contributed by atoms with Gasteiger partial charge in [-0.25, -0.2) is 0 Å². The number of aliphatic hydroxyl groups is 1. The van der Waals surface area contributed by atoms with Crippen LogP contribution in [0.15, 0.2) is 29.8 Å². The summed E-state index contributed by atoms with van der Waals surface area (Å²) in [6.45, 7) is 3.87. The second kappa shape index (κ2) is 6.89. The molecular weight excluding hydrogens is 410 g/mol. The number of rotatable bonds is 2. The molecule has 1 N–H and O–H groups in total. The highest BCUT2D eigenvalue weighted by Crippen LogP contribution is 2.73. The minimum absolute atomic E-state index is 0.00116. The monoisotopic (exact) mass is 443 g/mol. The Labute approximate surface area is 196 Å². The number of Topliss-reactive ketones (excluding diaryl/α,β-unsaturated/α-hetero) is 1. The van der Waals surface area contributed by atoms with E-state index in [0.29, 0.717) is 36.5 Å². The molecule has 1 aromatic rings. The standard InChI is InChI=1S/C29H33NO3/c1-17(31)18-3-5-22-19(13-18)15-28-9-7-21(32)14-20(28)4-6-23-25-8-10-29(33,11-12-30)27(25,2)16-24(22)26(23)28/h3,5,13-14,23-26,33H,4,6-11,15-16H2,1-2H3/t23-,24+,25-,26+,27-,28+,29+/m0/s1. The fourth-order valence-corrected chi connectivity index (χ4v) is 9.34. The molecule has 0 bridgehead atoms. The molecule has 0 saturated heterocycles. The SMILES string of the molecule is CC(=O)c1ccc2c(c1)C[C@]13CCC(=O)C=C1CC[C@@H]1[C@@H]3[C@@H]2C[C@@]2(C)[C@H]1CC[C@@]2(O)CC#N. The Kier molecular flexibility index (Phi) is 4.44. The lowest BCUT2D eigenvalue weighted by Crippen LogP contribution is -2.59. The van der Waals surface area contributed by atoms with Crippen LogP contribution in [0.2, 0.25) is 0 Å². The van der Waals surface area contributed by atoms with Crippen molar-refractivity contribution in [1.29, 1.82) is 5.26 Å². The van der Waals surface area contributed by atoms with Gasteiger partial charge in [-0.15, -0.1) is 0 Å². The first kappa shape index (κ1) is 21.3. The van der Waals surface area contributed by atoms with Crippen LogP contribution in [0.3, 0.4) is 0 Å². The first-order chi connectivity index (χ1) is 15.7. The summed E-state index contributed by atoms with van der Waals surface area (Å²) in [6.07, 6.45) is 9.23. The highest BCUT2D eigenvalue weighted by Gasteiger charge is 2.68. The van der Waals surface area contributed by atoms with E-state index in [1.165, 1.54) is 16.7 Å². The summed E-state index contributed by atoms with van der Waals surface area (Å²) >= 11 is 0. The first-order valence-electron chi connectivity index (χ1n) is 12.7. The summed E-state index contributed by atoms with van der Waals surface area (Å²) in [7, 11) is 0. The molecule has 3 fully saturated rings. The van der Waals surface area contributed by atoms with Gasteiger partial charge in [0.2, 0.25) is 0 Å². The molecule has 33 heavy (non-hydrogen) atoms. The minimum atomic E-state index is -0.930. The maximum absolute atomic E-state index is 12.4. The van der Waals surface area contributed by atoms with Gasteiger partial charge in [0.1, 0.15) is 0 Å². The maximum Gasteiger partial charge on any atom is 0.159 e. The van der Waals surface area contributed by atoms with Gasteiger partial charge in [-0.05, 0) is 104 Å². The molecule has 0 heterocycles. The van der Waals surface area contributed by atoms with Crippen molar-refractivity contribution in [3.8, 4) is 6.07 Å². The molecule has 7 atom stereocenters. The fourth-order valence-electron chi connectivity index (χ4n) is 9.34. The van der Waals surface area contributed by atoms with Crippen molar-refractivity contribution in [2.24, 2.45) is 28.6 Å². The van der Waals surface area contributed by atoms with Gasteiger partial charge in [0, 0.05) is 17.4 Å². The minimum Gasteiger partial charge on any atom is -0.388 e. The molecule has 1 spiro atoms. The molecule has 172 valence electrons. The van der Waals surface area contributed by atoms with Crippen LogP contribution in [-0.4, -0.2) is 22.3 Å². The molecule has 0 unspecified atom stereocenters. The van der Waals surface area contributed by atoms with Gasteiger partial charge in [-0.3, -0.25) is 9.59 Å². The number of nitrogens with zero attached hydrogens (tertiary/aromatic N) is 1. The average molecular weight is 444 g/mol. The van der Waals surface area contributed by atoms with Crippen LogP contribution in [0.5, 0.6) is 0 Å². The van der Waals surface area contributed by atoms with Crippen molar-refractivity contribution in [2.75, 3.05) is 0 Å². The van der Waals surface area contributed by atoms with Crippen molar-refractivity contribution in [1.82, 2.24) is 0 Å². The van der Waals surface area contributed by atoms with Crippen molar-refractivity contribution in [2.45, 2.75) is 83.2 Å². The molecular formula is C29H33NO3. The van der Waals surface area contributed by atoms with E-state index in [4.69, 9.17) is 0 Å². The van der Waals surface area contributed by atoms with Crippen molar-refractivity contribution >= 4 is 11.6 Å². The van der Waals surface area contributed by atoms with Crippen LogP contribution < -0.4 is 0 Å². The number of carbonyl (C=O) groups is 2. The van der Waals surface area contributed by atoms with E-state index in [9.17, 15) is 20.0 Å². The number of ketones is 2. The summed E-state index contributed by atoms with van der Waals surface area (Å²) in [6, 6.07) is 8.54. The highest BCUT2D eigenvalue weighted by atomic mass is 16.3. The van der Waals surface area contributed by atoms with Crippen LogP contribution in [0.4, 0.5) is 0 Å². The van der Waals surface area contributed by atoms with Gasteiger partial charge >= 0.3 is 0 Å². The molecule has 3 saturated carbocycles. The number of carbonyl (C=O) groups excluding carboxylic acids is 2. The lowest BCUT2D eigenvalue weighted by atomic mass is 9.39. The van der Waals surface area contributed by atoms with Crippen molar-refractivity contribution in [3.05, 3.63) is 46.5 Å². The fraction of sp³-hybridized carbons (Fsp3) is 0.621. The van der Waals surface area contributed by atoms with Crippen LogP contribution in [0.25, 0.3) is 0 Å². The second-order valence-electron chi connectivity index (χ2n) is 11.9. The molecule has 5 aliphatic rings. The van der Waals surface area contributed by atoms with Crippen LogP contribution in [-0.2, 0) is 11.2 Å². The number of hydrogen-bond acceptors (Lipinski definition) is 4. The largest absolute Gasteiger partial charge is 0.388 e. The predicted molar refractivity (Wildman–Crippen MR) is 124 cm³/mol. The Morgan fingerprint density at radius 2 is 2.06 bits per heavy atom. The van der Waals surface area contributed by atoms with E-state index in [2.05, 4.69) is 25.1 Å². The van der Waals surface area contributed by atoms with Crippen LogP contribution in [0.1, 0.15) is 92.6 Å². The third-order valence-electron chi connectivity index (χ3n) is 10.8. The number of benzene rings is 1. The molecule has 0 aromatic heterocycles. The third kappa shape index (κ3) is 2.66. The quantitative estimate of drug-likeness (QED) is 0.630. The van der Waals surface area contributed by atoms with Crippen LogP contribution in [0, 0.1) is 39.9 Å². The van der Waals surface area contributed by atoms with Gasteiger partial charge in [-0.2, -0.15) is 5.26 Å². The normalized spacial score (nSPS) is 42.8.